The third-order valence-corrected chi connectivity index (χ3v) is 5.77. The number of para-hydroxylation sites is 1. The van der Waals surface area contributed by atoms with Crippen LogP contribution in [0.4, 0.5) is 11.4 Å². The molecule has 1 unspecified atom stereocenters. The fourth-order valence-corrected chi connectivity index (χ4v) is 4.49. The largest absolute Gasteiger partial charge is 0.466 e. The molecule has 0 N–H and O–H groups in total. The van der Waals surface area contributed by atoms with Crippen LogP contribution in [0.5, 0.6) is 0 Å². The molecule has 1 aliphatic heterocycles. The van der Waals surface area contributed by atoms with Gasteiger partial charge in [-0.1, -0.05) is 29.8 Å². The lowest BCUT2D eigenvalue weighted by Gasteiger charge is -2.32. The summed E-state index contributed by atoms with van der Waals surface area (Å²) in [6.07, 6.45) is 2.34. The van der Waals surface area contributed by atoms with Gasteiger partial charge < -0.3 is 9.64 Å². The van der Waals surface area contributed by atoms with E-state index in [2.05, 4.69) is 58.3 Å². The number of ether oxygens (including phenoxy) is 1. The van der Waals surface area contributed by atoms with Gasteiger partial charge in [0.05, 0.1) is 35.3 Å². The first kappa shape index (κ1) is 17.7. The Balaban J connectivity index is 1.88. The first-order valence-corrected chi connectivity index (χ1v) is 9.91. The Morgan fingerprint density at radius 3 is 2.63 bits per heavy atom. The summed E-state index contributed by atoms with van der Waals surface area (Å²) in [5.74, 6) is -0.184. The Bertz CT molecular complexity index is 949. The second kappa shape index (κ2) is 7.53. The van der Waals surface area contributed by atoms with Crippen LogP contribution in [-0.4, -0.2) is 16.5 Å². The van der Waals surface area contributed by atoms with E-state index in [9.17, 15) is 4.79 Å². The van der Waals surface area contributed by atoms with Gasteiger partial charge in [-0.15, -0.1) is 0 Å². The van der Waals surface area contributed by atoms with E-state index in [1.54, 1.807) is 11.9 Å². The molecule has 0 fully saturated rings. The summed E-state index contributed by atoms with van der Waals surface area (Å²) in [7, 11) is 0. The summed E-state index contributed by atoms with van der Waals surface area (Å²) in [5, 5.41) is 0. The molecule has 27 heavy (non-hydrogen) atoms. The number of hydrogen-bond acceptors (Lipinski definition) is 4. The van der Waals surface area contributed by atoms with Gasteiger partial charge in [0.2, 0.25) is 0 Å². The minimum atomic E-state index is -0.184. The number of anilines is 2. The molecular weight excluding hydrogens is 356 g/mol. The van der Waals surface area contributed by atoms with Gasteiger partial charge in [-0.05, 0) is 62.2 Å². The molecule has 4 nitrogen and oxygen atoms in total. The molecule has 3 aromatic rings. The van der Waals surface area contributed by atoms with Crippen LogP contribution in [0.15, 0.2) is 71.8 Å². The van der Waals surface area contributed by atoms with E-state index in [0.717, 1.165) is 22.0 Å². The van der Waals surface area contributed by atoms with Crippen molar-refractivity contribution in [2.45, 2.75) is 31.2 Å². The summed E-state index contributed by atoms with van der Waals surface area (Å²) in [5.41, 5.74) is 4.47. The van der Waals surface area contributed by atoms with Gasteiger partial charge in [-0.2, -0.15) is 0 Å². The van der Waals surface area contributed by atoms with E-state index in [1.807, 2.05) is 31.3 Å². The molecular formula is C22H22N2O2S. The van der Waals surface area contributed by atoms with Crippen LogP contribution in [0, 0.1) is 6.92 Å². The number of esters is 1. The Morgan fingerprint density at radius 2 is 1.85 bits per heavy atom. The highest BCUT2D eigenvalue weighted by molar-refractivity contribution is 7.98. The highest BCUT2D eigenvalue weighted by atomic mass is 32.2. The molecule has 0 radical (unpaired) electrons. The predicted molar refractivity (Wildman–Crippen MR) is 109 cm³/mol. The number of aryl methyl sites for hydroxylation is 1. The van der Waals surface area contributed by atoms with Crippen LogP contribution in [0.1, 0.15) is 30.6 Å². The van der Waals surface area contributed by atoms with Crippen molar-refractivity contribution >= 4 is 29.3 Å². The lowest BCUT2D eigenvalue weighted by molar-refractivity contribution is -0.143. The van der Waals surface area contributed by atoms with Crippen molar-refractivity contribution in [3.8, 4) is 0 Å². The molecule has 5 heteroatoms. The molecule has 2 heterocycles. The molecule has 0 saturated heterocycles. The summed E-state index contributed by atoms with van der Waals surface area (Å²) in [6, 6.07) is 20.8. The van der Waals surface area contributed by atoms with Gasteiger partial charge in [0, 0.05) is 11.9 Å². The summed E-state index contributed by atoms with van der Waals surface area (Å²) in [4.78, 5) is 15.8. The Morgan fingerprint density at radius 1 is 1.07 bits per heavy atom. The maximum Gasteiger partial charge on any atom is 0.308 e. The Kier molecular flexibility index (Phi) is 4.94. The second-order valence-electron chi connectivity index (χ2n) is 6.55. The van der Waals surface area contributed by atoms with Gasteiger partial charge in [-0.25, -0.2) is 0 Å². The first-order chi connectivity index (χ1) is 13.2. The van der Waals surface area contributed by atoms with Gasteiger partial charge in [-0.3, -0.25) is 8.77 Å². The second-order valence-corrected chi connectivity index (χ2v) is 7.56. The van der Waals surface area contributed by atoms with Crippen molar-refractivity contribution in [1.82, 2.24) is 3.97 Å². The standard InChI is InChI=1S/C22H22N2O2S/c1-3-26-22(25)15-20-18-8-6-14-23(18)27-21-9-5-4-7-19(21)24(20)17-12-10-16(2)11-13-17/h4-14,20H,3,15H2,1-2H3. The van der Waals surface area contributed by atoms with E-state index in [-0.39, 0.29) is 12.0 Å². The van der Waals surface area contributed by atoms with Crippen LogP contribution in [0.2, 0.25) is 0 Å². The van der Waals surface area contributed by atoms with E-state index in [4.69, 9.17) is 4.74 Å². The number of nitrogens with zero attached hydrogens (tertiary/aromatic N) is 2. The molecule has 0 bridgehead atoms. The number of rotatable bonds is 4. The highest BCUT2D eigenvalue weighted by Crippen LogP contribution is 2.46. The highest BCUT2D eigenvalue weighted by Gasteiger charge is 2.32. The van der Waals surface area contributed by atoms with Gasteiger partial charge in [0.1, 0.15) is 0 Å². The smallest absolute Gasteiger partial charge is 0.308 e. The van der Waals surface area contributed by atoms with E-state index >= 15 is 0 Å². The quantitative estimate of drug-likeness (QED) is 0.562. The van der Waals surface area contributed by atoms with Crippen LogP contribution >= 0.6 is 11.9 Å². The average Bonchev–Trinajstić information content (AvgIpc) is 3.07. The molecule has 4 rings (SSSR count). The minimum Gasteiger partial charge on any atom is -0.466 e. The van der Waals surface area contributed by atoms with E-state index < -0.39 is 0 Å². The van der Waals surface area contributed by atoms with Gasteiger partial charge >= 0.3 is 5.97 Å². The molecule has 1 atom stereocenters. The summed E-state index contributed by atoms with van der Waals surface area (Å²) in [6.45, 7) is 4.32. The number of carbonyl (C=O) groups excluding carboxylic acids is 1. The third-order valence-electron chi connectivity index (χ3n) is 4.69. The third kappa shape index (κ3) is 3.47. The molecule has 0 aliphatic carbocycles. The maximum atomic E-state index is 12.4. The zero-order chi connectivity index (χ0) is 18.8. The molecule has 1 aliphatic rings. The minimum absolute atomic E-state index is 0.141. The van der Waals surface area contributed by atoms with Crippen molar-refractivity contribution in [1.29, 1.82) is 0 Å². The Hall–Kier alpha value is -2.66. The zero-order valence-corrected chi connectivity index (χ0v) is 16.3. The van der Waals surface area contributed by atoms with Crippen LogP contribution < -0.4 is 4.90 Å². The van der Waals surface area contributed by atoms with Crippen LogP contribution in [-0.2, 0) is 9.53 Å². The first-order valence-electron chi connectivity index (χ1n) is 9.13. The predicted octanol–water partition coefficient (Wildman–Crippen LogP) is 5.50. The number of fused-ring (bicyclic) bond motifs is 2. The molecule has 1 aromatic heterocycles. The topological polar surface area (TPSA) is 34.5 Å². The number of benzene rings is 2. The maximum absolute atomic E-state index is 12.4. The van der Waals surface area contributed by atoms with Crippen molar-refractivity contribution in [2.75, 3.05) is 11.5 Å². The summed E-state index contributed by atoms with van der Waals surface area (Å²) < 4.78 is 7.44. The summed E-state index contributed by atoms with van der Waals surface area (Å²) >= 11 is 1.68. The fraction of sp³-hybridized carbons (Fsp3) is 0.227. The monoisotopic (exact) mass is 378 g/mol. The molecule has 0 spiro atoms. The van der Waals surface area contributed by atoms with Gasteiger partial charge in [0.25, 0.3) is 0 Å². The molecule has 138 valence electrons. The van der Waals surface area contributed by atoms with Crippen molar-refractivity contribution in [3.05, 3.63) is 78.1 Å². The number of hydrogen-bond donors (Lipinski definition) is 0. The lowest BCUT2D eigenvalue weighted by atomic mass is 10.0. The van der Waals surface area contributed by atoms with E-state index in [1.165, 1.54) is 5.56 Å². The number of aromatic nitrogens is 1. The average molecular weight is 378 g/mol. The zero-order valence-electron chi connectivity index (χ0n) is 15.5. The SMILES string of the molecule is CCOC(=O)CC1c2cccn2Sc2ccccc2N1c1ccc(C)cc1. The van der Waals surface area contributed by atoms with Crippen LogP contribution in [0.3, 0.4) is 0 Å². The molecule has 2 aromatic carbocycles. The molecule has 0 saturated carbocycles. The number of carbonyl (C=O) groups is 1. The Labute approximate surface area is 163 Å². The fourth-order valence-electron chi connectivity index (χ4n) is 3.46. The van der Waals surface area contributed by atoms with Crippen LogP contribution in [0.25, 0.3) is 0 Å². The van der Waals surface area contributed by atoms with Crippen molar-refractivity contribution < 1.29 is 9.53 Å². The van der Waals surface area contributed by atoms with Crippen molar-refractivity contribution in [3.63, 3.8) is 0 Å². The lowest BCUT2D eigenvalue weighted by Crippen LogP contribution is -2.27. The normalized spacial score (nSPS) is 15.6. The van der Waals surface area contributed by atoms with E-state index in [0.29, 0.717) is 13.0 Å². The molecule has 0 amide bonds. The van der Waals surface area contributed by atoms with Crippen molar-refractivity contribution in [2.24, 2.45) is 0 Å². The van der Waals surface area contributed by atoms with Gasteiger partial charge in [0.15, 0.2) is 0 Å².